The van der Waals surface area contributed by atoms with Crippen LogP contribution in [0.15, 0.2) is 18.2 Å². The lowest BCUT2D eigenvalue weighted by Crippen LogP contribution is -2.61. The molecule has 20 heavy (non-hydrogen) atoms. The number of aliphatic hydroxyl groups is 1. The van der Waals surface area contributed by atoms with Gasteiger partial charge in [0.25, 0.3) is 5.91 Å². The van der Waals surface area contributed by atoms with Crippen LogP contribution in [0, 0.1) is 5.41 Å². The van der Waals surface area contributed by atoms with Gasteiger partial charge in [0.15, 0.2) is 5.13 Å². The van der Waals surface area contributed by atoms with Crippen molar-refractivity contribution in [2.45, 2.75) is 32.4 Å². The number of thiazole rings is 1. The van der Waals surface area contributed by atoms with E-state index in [1.165, 1.54) is 11.3 Å². The molecule has 4 N–H and O–H groups in total. The molecular formula is C14H17N3O2S. The minimum absolute atomic E-state index is 0.00669. The number of fused-ring (bicyclic) bond motifs is 1. The van der Waals surface area contributed by atoms with Gasteiger partial charge in [0.2, 0.25) is 0 Å². The van der Waals surface area contributed by atoms with Crippen molar-refractivity contribution in [3.05, 3.63) is 23.8 Å². The lowest BCUT2D eigenvalue weighted by molar-refractivity contribution is -0.0689. The number of nitrogen functional groups attached to an aromatic ring is 1. The highest BCUT2D eigenvalue weighted by atomic mass is 32.1. The van der Waals surface area contributed by atoms with E-state index in [0.29, 0.717) is 17.1 Å². The Bertz CT molecular complexity index is 680. The topological polar surface area (TPSA) is 88.2 Å². The van der Waals surface area contributed by atoms with Crippen LogP contribution in [0.1, 0.15) is 30.6 Å². The average molecular weight is 291 g/mol. The van der Waals surface area contributed by atoms with E-state index in [1.54, 1.807) is 18.2 Å². The maximum Gasteiger partial charge on any atom is 0.251 e. The van der Waals surface area contributed by atoms with Crippen molar-refractivity contribution >= 4 is 32.6 Å². The van der Waals surface area contributed by atoms with Crippen LogP contribution in [-0.2, 0) is 0 Å². The first-order chi connectivity index (χ1) is 9.38. The predicted molar refractivity (Wildman–Crippen MR) is 79.7 cm³/mol. The average Bonchev–Trinajstić information content (AvgIpc) is 2.77. The van der Waals surface area contributed by atoms with Gasteiger partial charge < -0.3 is 16.2 Å². The van der Waals surface area contributed by atoms with Crippen LogP contribution in [-0.4, -0.2) is 28.1 Å². The number of amides is 1. The normalized spacial score (nSPS) is 24.4. The second kappa shape index (κ2) is 4.43. The summed E-state index contributed by atoms with van der Waals surface area (Å²) in [5, 5.41) is 13.2. The zero-order chi connectivity index (χ0) is 14.5. The zero-order valence-corrected chi connectivity index (χ0v) is 12.2. The highest BCUT2D eigenvalue weighted by molar-refractivity contribution is 7.22. The lowest BCUT2D eigenvalue weighted by Gasteiger charge is -2.49. The molecule has 1 aliphatic rings. The van der Waals surface area contributed by atoms with E-state index in [1.807, 2.05) is 13.8 Å². The van der Waals surface area contributed by atoms with Crippen molar-refractivity contribution in [2.24, 2.45) is 5.41 Å². The summed E-state index contributed by atoms with van der Waals surface area (Å²) in [5.74, 6) is -0.121. The van der Waals surface area contributed by atoms with Crippen LogP contribution >= 0.6 is 11.3 Å². The van der Waals surface area contributed by atoms with E-state index < -0.39 is 0 Å². The number of rotatable bonds is 2. The zero-order valence-electron chi connectivity index (χ0n) is 11.4. The summed E-state index contributed by atoms with van der Waals surface area (Å²) >= 11 is 1.37. The Morgan fingerprint density at radius 3 is 2.95 bits per heavy atom. The molecule has 106 valence electrons. The molecule has 1 amide bonds. The third-order valence-electron chi connectivity index (χ3n) is 4.19. The molecule has 0 spiro atoms. The molecule has 3 rings (SSSR count). The van der Waals surface area contributed by atoms with Gasteiger partial charge in [-0.3, -0.25) is 4.79 Å². The van der Waals surface area contributed by atoms with E-state index in [-0.39, 0.29) is 23.5 Å². The minimum atomic E-state index is -0.350. The van der Waals surface area contributed by atoms with Crippen LogP contribution in [0.3, 0.4) is 0 Å². The van der Waals surface area contributed by atoms with Crippen LogP contribution in [0.4, 0.5) is 5.13 Å². The smallest absolute Gasteiger partial charge is 0.251 e. The minimum Gasteiger partial charge on any atom is -0.392 e. The molecule has 6 heteroatoms. The summed E-state index contributed by atoms with van der Waals surface area (Å²) in [5.41, 5.74) is 6.79. The molecule has 1 fully saturated rings. The molecule has 0 radical (unpaired) electrons. The Balaban J connectivity index is 1.79. The van der Waals surface area contributed by atoms with Gasteiger partial charge in [-0.15, -0.1) is 0 Å². The van der Waals surface area contributed by atoms with E-state index in [9.17, 15) is 9.90 Å². The fraction of sp³-hybridized carbons (Fsp3) is 0.429. The van der Waals surface area contributed by atoms with Crippen molar-refractivity contribution in [3.8, 4) is 0 Å². The van der Waals surface area contributed by atoms with Gasteiger partial charge in [0, 0.05) is 17.0 Å². The summed E-state index contributed by atoms with van der Waals surface area (Å²) < 4.78 is 0.906. The van der Waals surface area contributed by atoms with Gasteiger partial charge >= 0.3 is 0 Å². The van der Waals surface area contributed by atoms with E-state index >= 15 is 0 Å². The van der Waals surface area contributed by atoms with Gasteiger partial charge in [-0.2, -0.15) is 0 Å². The van der Waals surface area contributed by atoms with Gasteiger partial charge in [0.1, 0.15) is 0 Å². The van der Waals surface area contributed by atoms with E-state index in [4.69, 9.17) is 5.73 Å². The molecule has 1 aromatic heterocycles. The first kappa shape index (κ1) is 13.3. The number of carbonyl (C=O) groups excluding carboxylic acids is 1. The Labute approximate surface area is 120 Å². The van der Waals surface area contributed by atoms with Crippen molar-refractivity contribution < 1.29 is 9.90 Å². The molecule has 1 aliphatic carbocycles. The Kier molecular flexibility index (Phi) is 2.95. The Hall–Kier alpha value is -1.66. The number of aliphatic hydroxyl groups excluding tert-OH is 1. The first-order valence-electron chi connectivity index (χ1n) is 6.53. The van der Waals surface area contributed by atoms with Crippen LogP contribution in [0.2, 0.25) is 0 Å². The molecule has 0 aliphatic heterocycles. The largest absolute Gasteiger partial charge is 0.392 e. The number of carbonyl (C=O) groups is 1. The highest BCUT2D eigenvalue weighted by Gasteiger charge is 2.47. The number of anilines is 1. The molecule has 5 nitrogen and oxygen atoms in total. The second-order valence-corrected chi connectivity index (χ2v) is 6.90. The third kappa shape index (κ3) is 2.05. The standard InChI is InChI=1S/C14H17N3O2S/c1-14(2)10(6-11(14)18)17-12(19)7-3-4-8-9(5-7)20-13(15)16-8/h3-5,10-11,18H,6H2,1-2H3,(H2,15,16)(H,17,19). The molecule has 0 bridgehead atoms. The number of nitrogens with two attached hydrogens (primary N) is 1. The molecule has 2 unspecified atom stereocenters. The predicted octanol–water partition coefficient (Wildman–Crippen LogP) is 1.77. The summed E-state index contributed by atoms with van der Waals surface area (Å²) in [6.07, 6.45) is 0.255. The molecule has 0 saturated heterocycles. The van der Waals surface area contributed by atoms with Crippen LogP contribution in [0.25, 0.3) is 10.2 Å². The molecular weight excluding hydrogens is 274 g/mol. The number of hydrogen-bond acceptors (Lipinski definition) is 5. The molecule has 1 aromatic carbocycles. The van der Waals surface area contributed by atoms with Crippen LogP contribution < -0.4 is 11.1 Å². The lowest BCUT2D eigenvalue weighted by atomic mass is 9.64. The van der Waals surface area contributed by atoms with Crippen molar-refractivity contribution in [3.63, 3.8) is 0 Å². The number of nitrogens with one attached hydrogen (secondary N) is 1. The molecule has 1 heterocycles. The maximum absolute atomic E-state index is 12.3. The first-order valence-corrected chi connectivity index (χ1v) is 7.34. The van der Waals surface area contributed by atoms with Crippen molar-refractivity contribution in [2.75, 3.05) is 5.73 Å². The van der Waals surface area contributed by atoms with Crippen LogP contribution in [0.5, 0.6) is 0 Å². The highest BCUT2D eigenvalue weighted by Crippen LogP contribution is 2.40. The quantitative estimate of drug-likeness (QED) is 0.787. The fourth-order valence-corrected chi connectivity index (χ4v) is 3.25. The summed E-state index contributed by atoms with van der Waals surface area (Å²) in [6, 6.07) is 5.37. The molecule has 2 aromatic rings. The summed E-state index contributed by atoms with van der Waals surface area (Å²) in [6.45, 7) is 3.92. The van der Waals surface area contributed by atoms with Gasteiger partial charge in [-0.25, -0.2) is 4.98 Å². The molecule has 1 saturated carbocycles. The summed E-state index contributed by atoms with van der Waals surface area (Å²) in [4.78, 5) is 16.4. The number of hydrogen-bond donors (Lipinski definition) is 3. The maximum atomic E-state index is 12.3. The van der Waals surface area contributed by atoms with Crippen molar-refractivity contribution in [1.29, 1.82) is 0 Å². The number of nitrogens with zero attached hydrogens (tertiary/aromatic N) is 1. The SMILES string of the molecule is CC1(C)C(O)CC1NC(=O)c1ccc2nc(N)sc2c1. The van der Waals surface area contributed by atoms with E-state index in [2.05, 4.69) is 10.3 Å². The number of aromatic nitrogens is 1. The third-order valence-corrected chi connectivity index (χ3v) is 5.04. The van der Waals surface area contributed by atoms with E-state index in [0.717, 1.165) is 10.2 Å². The monoisotopic (exact) mass is 291 g/mol. The van der Waals surface area contributed by atoms with Crippen molar-refractivity contribution in [1.82, 2.24) is 10.3 Å². The second-order valence-electron chi connectivity index (χ2n) is 5.83. The van der Waals surface area contributed by atoms with Gasteiger partial charge in [0.05, 0.1) is 16.3 Å². The van der Waals surface area contributed by atoms with Gasteiger partial charge in [-0.1, -0.05) is 25.2 Å². The Morgan fingerprint density at radius 1 is 1.55 bits per heavy atom. The fourth-order valence-electron chi connectivity index (χ4n) is 2.47. The molecule has 2 atom stereocenters. The summed E-state index contributed by atoms with van der Waals surface area (Å²) in [7, 11) is 0. The number of benzene rings is 1. The Morgan fingerprint density at radius 2 is 2.30 bits per heavy atom. The van der Waals surface area contributed by atoms with Gasteiger partial charge in [-0.05, 0) is 24.6 Å².